The Morgan fingerprint density at radius 2 is 2.00 bits per heavy atom. The van der Waals surface area contributed by atoms with Gasteiger partial charge < -0.3 is 15.2 Å². The molecule has 0 saturated carbocycles. The Morgan fingerprint density at radius 1 is 1.36 bits per heavy atom. The number of imide groups is 1. The van der Waals surface area contributed by atoms with Gasteiger partial charge in [-0.05, 0) is 31.2 Å². The minimum absolute atomic E-state index is 0. The topological polar surface area (TPSA) is 98.9 Å². The quantitative estimate of drug-likeness (QED) is 0.556. The first kappa shape index (κ1) is 21.3. The van der Waals surface area contributed by atoms with Crippen LogP contribution < -0.4 is 15.4 Å². The van der Waals surface area contributed by atoms with Crippen molar-refractivity contribution in [2.24, 2.45) is 5.73 Å². The summed E-state index contributed by atoms with van der Waals surface area (Å²) in [7, 11) is 1.54. The maximum Gasteiger partial charge on any atom is 0.323 e. The van der Waals surface area contributed by atoms with Gasteiger partial charge >= 0.3 is 5.97 Å². The molecule has 138 valence electrons. The molecule has 1 aliphatic rings. The van der Waals surface area contributed by atoms with E-state index in [1.165, 1.54) is 11.8 Å². The zero-order valence-corrected chi connectivity index (χ0v) is 15.6. The number of hydrogen-bond acceptors (Lipinski definition) is 7. The zero-order chi connectivity index (χ0) is 17.7. The molecule has 7 nitrogen and oxygen atoms in total. The second kappa shape index (κ2) is 9.65. The van der Waals surface area contributed by atoms with Gasteiger partial charge in [0.05, 0.1) is 24.7 Å². The first-order valence-electron chi connectivity index (χ1n) is 7.52. The van der Waals surface area contributed by atoms with Crippen molar-refractivity contribution in [3.05, 3.63) is 24.3 Å². The average molecular weight is 389 g/mol. The Hall–Kier alpha value is -1.77. The molecule has 1 aromatic carbocycles. The van der Waals surface area contributed by atoms with E-state index in [9.17, 15) is 14.4 Å². The predicted octanol–water partition coefficient (Wildman–Crippen LogP) is 1.37. The molecule has 2 atom stereocenters. The number of carbonyl (C=O) groups is 3. The lowest BCUT2D eigenvalue weighted by molar-refractivity contribution is -0.144. The second-order valence-electron chi connectivity index (χ2n) is 5.15. The molecule has 2 amide bonds. The summed E-state index contributed by atoms with van der Waals surface area (Å²) < 4.78 is 9.89. The summed E-state index contributed by atoms with van der Waals surface area (Å²) in [4.78, 5) is 37.3. The highest BCUT2D eigenvalue weighted by molar-refractivity contribution is 8.00. The molecule has 1 aromatic rings. The lowest BCUT2D eigenvalue weighted by atomic mass is 10.3. The first-order valence-corrected chi connectivity index (χ1v) is 8.57. The fraction of sp³-hybridized carbons (Fsp3) is 0.438. The van der Waals surface area contributed by atoms with Crippen LogP contribution in [0, 0.1) is 0 Å². The van der Waals surface area contributed by atoms with E-state index < -0.39 is 17.3 Å². The summed E-state index contributed by atoms with van der Waals surface area (Å²) in [5, 5.41) is -0.542. The standard InChI is InChI=1S/C16H20N2O5S.ClH/c1-3-23-16(21)12(17)9-24-13-8-14(19)18(15(13)20)10-4-6-11(22-2)7-5-10;/h4-7,12-13H,3,8-9,17H2,1-2H3;1H. The molecule has 1 heterocycles. The Kier molecular flexibility index (Phi) is 8.21. The van der Waals surface area contributed by atoms with E-state index in [0.717, 1.165) is 4.90 Å². The molecule has 2 rings (SSSR count). The number of amides is 2. The van der Waals surface area contributed by atoms with E-state index in [4.69, 9.17) is 15.2 Å². The number of methoxy groups -OCH3 is 1. The number of hydrogen-bond donors (Lipinski definition) is 1. The van der Waals surface area contributed by atoms with Crippen molar-refractivity contribution in [2.45, 2.75) is 24.6 Å². The molecule has 1 saturated heterocycles. The highest BCUT2D eigenvalue weighted by Gasteiger charge is 2.40. The van der Waals surface area contributed by atoms with E-state index >= 15 is 0 Å². The Labute approximate surface area is 156 Å². The summed E-state index contributed by atoms with van der Waals surface area (Å²) in [5.74, 6) is -0.213. The van der Waals surface area contributed by atoms with Crippen LogP contribution in [0.25, 0.3) is 0 Å². The fourth-order valence-electron chi connectivity index (χ4n) is 2.27. The van der Waals surface area contributed by atoms with Crippen LogP contribution in [0.1, 0.15) is 13.3 Å². The van der Waals surface area contributed by atoms with Gasteiger partial charge in [-0.2, -0.15) is 0 Å². The summed E-state index contributed by atoms with van der Waals surface area (Å²) in [6.45, 7) is 1.95. The molecule has 0 aliphatic carbocycles. The number of nitrogens with zero attached hydrogens (tertiary/aromatic N) is 1. The van der Waals surface area contributed by atoms with Crippen molar-refractivity contribution in [3.8, 4) is 5.75 Å². The van der Waals surface area contributed by atoms with Crippen LogP contribution in [0.5, 0.6) is 5.75 Å². The van der Waals surface area contributed by atoms with E-state index in [1.54, 1.807) is 38.3 Å². The molecule has 2 N–H and O–H groups in total. The number of carbonyl (C=O) groups excluding carboxylic acids is 3. The van der Waals surface area contributed by atoms with Crippen LogP contribution in [-0.2, 0) is 19.1 Å². The summed E-state index contributed by atoms with van der Waals surface area (Å²) in [6.07, 6.45) is 0.0884. The second-order valence-corrected chi connectivity index (χ2v) is 6.39. The molecule has 9 heteroatoms. The number of rotatable bonds is 7. The number of nitrogens with two attached hydrogens (primary N) is 1. The summed E-state index contributed by atoms with van der Waals surface area (Å²) in [5.41, 5.74) is 6.22. The van der Waals surface area contributed by atoms with Crippen molar-refractivity contribution in [1.29, 1.82) is 0 Å². The fourth-order valence-corrected chi connectivity index (χ4v) is 3.36. The van der Waals surface area contributed by atoms with Crippen LogP contribution in [0.2, 0.25) is 0 Å². The van der Waals surface area contributed by atoms with Gasteiger partial charge in [0.15, 0.2) is 0 Å². The SMILES string of the molecule is CCOC(=O)C(N)CSC1CC(=O)N(c2ccc(OC)cc2)C1=O.Cl. The van der Waals surface area contributed by atoms with Crippen molar-refractivity contribution < 1.29 is 23.9 Å². The van der Waals surface area contributed by atoms with Crippen molar-refractivity contribution >= 4 is 47.6 Å². The lowest BCUT2D eigenvalue weighted by Crippen LogP contribution is -2.36. The third kappa shape index (κ3) is 5.10. The summed E-state index contributed by atoms with van der Waals surface area (Å²) in [6, 6.07) is 5.88. The maximum absolute atomic E-state index is 12.5. The van der Waals surface area contributed by atoms with Gasteiger partial charge in [0, 0.05) is 12.2 Å². The molecule has 0 spiro atoms. The summed E-state index contributed by atoms with van der Waals surface area (Å²) >= 11 is 1.20. The largest absolute Gasteiger partial charge is 0.497 e. The third-order valence-corrected chi connectivity index (χ3v) is 4.82. The van der Waals surface area contributed by atoms with Gasteiger partial charge in [-0.1, -0.05) is 0 Å². The molecular weight excluding hydrogens is 368 g/mol. The third-order valence-electron chi connectivity index (χ3n) is 3.50. The lowest BCUT2D eigenvalue weighted by Gasteiger charge is -2.16. The molecule has 0 aromatic heterocycles. The Bertz CT molecular complexity index is 625. The average Bonchev–Trinajstić information content (AvgIpc) is 2.86. The highest BCUT2D eigenvalue weighted by atomic mass is 35.5. The van der Waals surface area contributed by atoms with Gasteiger partial charge in [-0.3, -0.25) is 14.4 Å². The van der Waals surface area contributed by atoms with Crippen LogP contribution in [0.3, 0.4) is 0 Å². The molecule has 0 radical (unpaired) electrons. The number of halogens is 1. The van der Waals surface area contributed by atoms with Crippen molar-refractivity contribution in [1.82, 2.24) is 0 Å². The van der Waals surface area contributed by atoms with E-state index in [-0.39, 0.29) is 43.0 Å². The molecule has 1 aliphatic heterocycles. The van der Waals surface area contributed by atoms with Crippen LogP contribution in [0.15, 0.2) is 24.3 Å². The predicted molar refractivity (Wildman–Crippen MR) is 98.2 cm³/mol. The first-order chi connectivity index (χ1) is 11.5. The highest BCUT2D eigenvalue weighted by Crippen LogP contribution is 2.30. The monoisotopic (exact) mass is 388 g/mol. The molecule has 1 fully saturated rings. The number of thioether (sulfide) groups is 1. The number of ether oxygens (including phenoxy) is 2. The van der Waals surface area contributed by atoms with Gasteiger partial charge in [0.25, 0.3) is 0 Å². The number of benzene rings is 1. The van der Waals surface area contributed by atoms with Crippen molar-refractivity contribution in [2.75, 3.05) is 24.4 Å². The van der Waals surface area contributed by atoms with Gasteiger partial charge in [-0.15, -0.1) is 24.2 Å². The molecule has 0 bridgehead atoms. The molecular formula is C16H21ClN2O5S. The normalized spacial score (nSPS) is 17.9. The van der Waals surface area contributed by atoms with Crippen molar-refractivity contribution in [3.63, 3.8) is 0 Å². The molecule has 25 heavy (non-hydrogen) atoms. The van der Waals surface area contributed by atoms with Gasteiger partial charge in [0.2, 0.25) is 11.8 Å². The number of esters is 1. The molecule has 2 unspecified atom stereocenters. The minimum Gasteiger partial charge on any atom is -0.497 e. The van der Waals surface area contributed by atoms with Crippen LogP contribution in [0.4, 0.5) is 5.69 Å². The Morgan fingerprint density at radius 3 is 2.56 bits per heavy atom. The van der Waals surface area contributed by atoms with Gasteiger partial charge in [-0.25, -0.2) is 4.90 Å². The van der Waals surface area contributed by atoms with Crippen LogP contribution in [-0.4, -0.2) is 48.5 Å². The number of anilines is 1. The van der Waals surface area contributed by atoms with E-state index in [1.807, 2.05) is 0 Å². The van der Waals surface area contributed by atoms with E-state index in [0.29, 0.717) is 11.4 Å². The zero-order valence-electron chi connectivity index (χ0n) is 14.0. The smallest absolute Gasteiger partial charge is 0.323 e. The van der Waals surface area contributed by atoms with E-state index in [2.05, 4.69) is 0 Å². The van der Waals surface area contributed by atoms with Crippen LogP contribution >= 0.6 is 24.2 Å². The maximum atomic E-state index is 12.5. The minimum atomic E-state index is -0.812. The van der Waals surface area contributed by atoms with Gasteiger partial charge in [0.1, 0.15) is 11.8 Å². The Balaban J connectivity index is 0.00000312.